The Hall–Kier alpha value is -3.22. The van der Waals surface area contributed by atoms with E-state index in [1.807, 2.05) is 12.1 Å². The monoisotopic (exact) mass is 473 g/mol. The average molecular weight is 474 g/mol. The van der Waals surface area contributed by atoms with Gasteiger partial charge >= 0.3 is 0 Å². The zero-order valence-corrected chi connectivity index (χ0v) is 20.7. The lowest BCUT2D eigenvalue weighted by molar-refractivity contribution is -0.142. The molecule has 2 amide bonds. The number of nitrogens with zero attached hydrogens (tertiary/aromatic N) is 2. The number of carbonyl (C=O) groups excluding carboxylic acids is 2. The fraction of sp³-hybridized carbons (Fsp3) is 0.379. The van der Waals surface area contributed by atoms with E-state index in [1.165, 1.54) is 18.2 Å². The molecule has 0 saturated carbocycles. The number of fused-ring (bicyclic) bond motifs is 1. The molecule has 4 rings (SSSR count). The Labute approximate surface area is 208 Å². The quantitative estimate of drug-likeness (QED) is 0.592. The molecule has 0 bridgehead atoms. The van der Waals surface area contributed by atoms with Gasteiger partial charge in [-0.15, -0.1) is 0 Å². The molecule has 1 unspecified atom stereocenters. The number of anilines is 1. The van der Waals surface area contributed by atoms with E-state index in [9.17, 15) is 14.7 Å². The molecule has 2 aliphatic heterocycles. The van der Waals surface area contributed by atoms with E-state index in [0.717, 1.165) is 44.5 Å². The molecular weight excluding hydrogens is 438 g/mol. The van der Waals surface area contributed by atoms with Crippen molar-refractivity contribution in [1.29, 1.82) is 0 Å². The topological polar surface area (TPSA) is 72.9 Å². The number of carbonyl (C=O) groups is 2. The van der Waals surface area contributed by atoms with Crippen LogP contribution in [0.25, 0.3) is 0 Å². The molecule has 1 aromatic rings. The van der Waals surface area contributed by atoms with Crippen LogP contribution in [0.4, 0.5) is 5.69 Å². The maximum atomic E-state index is 13.4. The van der Waals surface area contributed by atoms with Crippen molar-refractivity contribution in [2.24, 2.45) is 0 Å². The van der Waals surface area contributed by atoms with Gasteiger partial charge in [0.25, 0.3) is 5.91 Å². The van der Waals surface area contributed by atoms with Gasteiger partial charge in [0.1, 0.15) is 0 Å². The van der Waals surface area contributed by atoms with Crippen LogP contribution < -0.4 is 10.2 Å². The summed E-state index contributed by atoms with van der Waals surface area (Å²) in [5.41, 5.74) is 3.12. The van der Waals surface area contributed by atoms with Crippen molar-refractivity contribution < 1.29 is 14.7 Å². The van der Waals surface area contributed by atoms with Crippen LogP contribution in [0.2, 0.25) is 0 Å². The molecule has 0 spiro atoms. The molecule has 0 aromatic heterocycles. The summed E-state index contributed by atoms with van der Waals surface area (Å²) in [6.07, 6.45) is 14.9. The number of piperidine rings is 1. The highest BCUT2D eigenvalue weighted by Gasteiger charge is 2.52. The average Bonchev–Trinajstić information content (AvgIpc) is 3.06. The van der Waals surface area contributed by atoms with Gasteiger partial charge in [-0.25, -0.2) is 0 Å². The third-order valence-corrected chi connectivity index (χ3v) is 7.04. The van der Waals surface area contributed by atoms with E-state index in [1.54, 1.807) is 17.0 Å². The molecule has 6 nitrogen and oxygen atoms in total. The third kappa shape index (κ3) is 5.39. The maximum Gasteiger partial charge on any atom is 0.264 e. The van der Waals surface area contributed by atoms with Crippen LogP contribution >= 0.6 is 0 Å². The predicted octanol–water partition coefficient (Wildman–Crippen LogP) is 3.77. The summed E-state index contributed by atoms with van der Waals surface area (Å²) in [7, 11) is 1.51. The first kappa shape index (κ1) is 24.9. The number of likely N-dealkylation sites (tertiary alicyclic amines) is 1. The van der Waals surface area contributed by atoms with E-state index >= 15 is 0 Å². The van der Waals surface area contributed by atoms with Gasteiger partial charge in [-0.05, 0) is 43.4 Å². The van der Waals surface area contributed by atoms with E-state index in [0.29, 0.717) is 11.3 Å². The number of amides is 2. The van der Waals surface area contributed by atoms with Crippen molar-refractivity contribution in [2.45, 2.75) is 44.2 Å². The second kappa shape index (κ2) is 10.6. The molecule has 6 heteroatoms. The highest BCUT2D eigenvalue weighted by molar-refractivity contribution is 6.09. The molecule has 0 radical (unpaired) electrons. The van der Waals surface area contributed by atoms with E-state index < -0.39 is 11.5 Å². The van der Waals surface area contributed by atoms with Gasteiger partial charge in [0.05, 0.1) is 12.1 Å². The lowest BCUT2D eigenvalue weighted by atomic mass is 9.91. The fourth-order valence-electron chi connectivity index (χ4n) is 5.19. The standard InChI is InChI=1S/C29H35N3O3/c1-21-8-6-10-23(18-21)11-7-9-22(2)20-31-16-14-24(15-17-31)32-26-13-5-4-12-25(26)29(35,28(32)34)19-27(33)30-3/h4-13,24,35H,2,14-20H2,1,3H3,(H,30,33)/b9-7-,23-11-. The molecule has 2 N–H and O–H groups in total. The number of hydrogen-bond acceptors (Lipinski definition) is 4. The number of benzene rings is 1. The van der Waals surface area contributed by atoms with Gasteiger partial charge < -0.3 is 15.3 Å². The van der Waals surface area contributed by atoms with Crippen LogP contribution in [0.15, 0.2) is 84.0 Å². The predicted molar refractivity (Wildman–Crippen MR) is 140 cm³/mol. The van der Waals surface area contributed by atoms with Crippen LogP contribution in [-0.4, -0.2) is 54.5 Å². The second-order valence-electron chi connectivity index (χ2n) is 9.72. The Kier molecular flexibility index (Phi) is 7.53. The first-order chi connectivity index (χ1) is 16.8. The molecule has 1 aliphatic carbocycles. The minimum absolute atomic E-state index is 0.0125. The van der Waals surface area contributed by atoms with Gasteiger partial charge in [0.15, 0.2) is 5.60 Å². The van der Waals surface area contributed by atoms with Gasteiger partial charge in [-0.3, -0.25) is 14.5 Å². The smallest absolute Gasteiger partial charge is 0.264 e. The lowest BCUT2D eigenvalue weighted by Crippen LogP contribution is -2.50. The van der Waals surface area contributed by atoms with E-state index in [-0.39, 0.29) is 18.4 Å². The summed E-state index contributed by atoms with van der Waals surface area (Å²) in [5.74, 6) is -0.761. The summed E-state index contributed by atoms with van der Waals surface area (Å²) < 4.78 is 0. The number of hydrogen-bond donors (Lipinski definition) is 2. The van der Waals surface area contributed by atoms with Crippen molar-refractivity contribution in [3.8, 4) is 0 Å². The number of nitrogens with one attached hydrogen (secondary N) is 1. The third-order valence-electron chi connectivity index (χ3n) is 7.04. The zero-order valence-electron chi connectivity index (χ0n) is 20.7. The van der Waals surface area contributed by atoms with Crippen molar-refractivity contribution in [1.82, 2.24) is 10.2 Å². The van der Waals surface area contributed by atoms with Crippen LogP contribution in [-0.2, 0) is 15.2 Å². The Bertz CT molecular complexity index is 1120. The van der Waals surface area contributed by atoms with Gasteiger partial charge in [0, 0.05) is 38.3 Å². The zero-order chi connectivity index (χ0) is 25.0. The van der Waals surface area contributed by atoms with Gasteiger partial charge in [-0.2, -0.15) is 0 Å². The molecule has 2 heterocycles. The molecule has 35 heavy (non-hydrogen) atoms. The number of allylic oxidation sites excluding steroid dienone is 7. The van der Waals surface area contributed by atoms with Crippen molar-refractivity contribution in [2.75, 3.05) is 31.6 Å². The van der Waals surface area contributed by atoms with E-state index in [2.05, 4.69) is 60.2 Å². The Morgan fingerprint density at radius 1 is 1.29 bits per heavy atom. The number of rotatable bonds is 7. The van der Waals surface area contributed by atoms with Crippen molar-refractivity contribution >= 4 is 17.5 Å². The summed E-state index contributed by atoms with van der Waals surface area (Å²) in [6, 6.07) is 7.26. The summed E-state index contributed by atoms with van der Waals surface area (Å²) in [4.78, 5) is 29.6. The molecule has 1 atom stereocenters. The largest absolute Gasteiger partial charge is 0.375 e. The summed E-state index contributed by atoms with van der Waals surface area (Å²) in [6.45, 7) is 8.82. The summed E-state index contributed by atoms with van der Waals surface area (Å²) in [5, 5.41) is 13.8. The summed E-state index contributed by atoms with van der Waals surface area (Å²) >= 11 is 0. The highest BCUT2D eigenvalue weighted by atomic mass is 16.3. The SMILES string of the molecule is C=C(/C=C\C=C1\C=CC=C(C)C1)CN1CCC(N2C(=O)C(O)(CC(=O)NC)c3ccccc32)CC1. The second-order valence-corrected chi connectivity index (χ2v) is 9.72. The van der Waals surface area contributed by atoms with Crippen LogP contribution in [0.5, 0.6) is 0 Å². The Balaban J connectivity index is 1.36. The molecule has 3 aliphatic rings. The Morgan fingerprint density at radius 3 is 2.74 bits per heavy atom. The fourth-order valence-corrected chi connectivity index (χ4v) is 5.19. The molecule has 184 valence electrons. The van der Waals surface area contributed by atoms with Crippen LogP contribution in [0.3, 0.4) is 0 Å². The molecular formula is C29H35N3O3. The minimum Gasteiger partial charge on any atom is -0.375 e. The highest BCUT2D eigenvalue weighted by Crippen LogP contribution is 2.44. The molecule has 1 saturated heterocycles. The van der Waals surface area contributed by atoms with Gasteiger partial charge in [0.2, 0.25) is 5.91 Å². The minimum atomic E-state index is -1.82. The van der Waals surface area contributed by atoms with Crippen LogP contribution in [0.1, 0.15) is 38.2 Å². The Morgan fingerprint density at radius 2 is 2.03 bits per heavy atom. The van der Waals surface area contributed by atoms with E-state index in [4.69, 9.17) is 0 Å². The number of para-hydroxylation sites is 1. The van der Waals surface area contributed by atoms with Gasteiger partial charge in [-0.1, -0.05) is 66.8 Å². The first-order valence-corrected chi connectivity index (χ1v) is 12.3. The lowest BCUT2D eigenvalue weighted by Gasteiger charge is -2.37. The number of aliphatic hydroxyl groups is 1. The first-order valence-electron chi connectivity index (χ1n) is 12.3. The van der Waals surface area contributed by atoms with Crippen molar-refractivity contribution in [3.63, 3.8) is 0 Å². The maximum absolute atomic E-state index is 13.4. The molecule has 1 aromatic carbocycles. The molecule has 1 fully saturated rings. The van der Waals surface area contributed by atoms with Crippen molar-refractivity contribution in [3.05, 3.63) is 89.6 Å². The normalized spacial score (nSPS) is 24.2. The van der Waals surface area contributed by atoms with Crippen LogP contribution in [0, 0.1) is 0 Å².